The van der Waals surface area contributed by atoms with E-state index in [0.717, 1.165) is 50.5 Å². The largest absolute Gasteiger partial charge is 0.461 e. The Bertz CT molecular complexity index is 837. The van der Waals surface area contributed by atoms with Gasteiger partial charge in [0.2, 0.25) is 0 Å². The maximum atomic E-state index is 13.4. The van der Waals surface area contributed by atoms with E-state index in [1.165, 1.54) is 57.8 Å². The normalized spacial score (nSPS) is 28.4. The minimum atomic E-state index is -1.30. The Morgan fingerprint density at radius 3 is 2.14 bits per heavy atom. The lowest BCUT2D eigenvalue weighted by molar-refractivity contribution is -0.150. The number of esters is 1. The molecule has 0 heterocycles. The molecule has 3 aliphatic rings. The van der Waals surface area contributed by atoms with Gasteiger partial charge in [0.1, 0.15) is 12.2 Å². The quantitative estimate of drug-likeness (QED) is 0.120. The molecule has 2 saturated carbocycles. The molecule has 0 radical (unpaired) electrons. The zero-order valence-electron chi connectivity index (χ0n) is 24.3. The van der Waals surface area contributed by atoms with Gasteiger partial charge in [-0.25, -0.2) is 0 Å². The summed E-state index contributed by atoms with van der Waals surface area (Å²) in [5, 5.41) is 11.5. The third kappa shape index (κ3) is 7.58. The fraction of sp³-hybridized carbons (Fsp3) is 0.818. The first-order valence-corrected chi connectivity index (χ1v) is 15.4. The predicted molar refractivity (Wildman–Crippen MR) is 151 cm³/mol. The van der Waals surface area contributed by atoms with Crippen molar-refractivity contribution in [2.45, 2.75) is 149 Å². The average molecular weight is 515 g/mol. The van der Waals surface area contributed by atoms with Gasteiger partial charge < -0.3 is 9.84 Å². The van der Waals surface area contributed by atoms with Crippen molar-refractivity contribution in [3.63, 3.8) is 0 Å². The average Bonchev–Trinajstić information content (AvgIpc) is 3.11. The Labute approximate surface area is 226 Å². The summed E-state index contributed by atoms with van der Waals surface area (Å²) in [6.07, 6.45) is 24.3. The summed E-state index contributed by atoms with van der Waals surface area (Å²) in [5.41, 5.74) is 0.255. The van der Waals surface area contributed by atoms with Crippen LogP contribution in [0, 0.1) is 16.7 Å². The molecular formula is C33H54O4. The van der Waals surface area contributed by atoms with Crippen LogP contribution in [0.1, 0.15) is 143 Å². The van der Waals surface area contributed by atoms with Gasteiger partial charge >= 0.3 is 5.97 Å². The summed E-state index contributed by atoms with van der Waals surface area (Å²) in [6, 6.07) is 0. The zero-order valence-corrected chi connectivity index (χ0v) is 24.3. The van der Waals surface area contributed by atoms with Crippen molar-refractivity contribution in [1.82, 2.24) is 0 Å². The number of fused-ring (bicyclic) bond motifs is 3. The van der Waals surface area contributed by atoms with E-state index in [2.05, 4.69) is 39.8 Å². The summed E-state index contributed by atoms with van der Waals surface area (Å²) in [6.45, 7) is 8.78. The van der Waals surface area contributed by atoms with Gasteiger partial charge in [0, 0.05) is 17.9 Å². The molecule has 0 spiro atoms. The number of carbonyl (C=O) groups is 2. The van der Waals surface area contributed by atoms with Crippen molar-refractivity contribution in [2.75, 3.05) is 6.61 Å². The number of allylic oxidation sites excluding steroid dienone is 3. The van der Waals surface area contributed by atoms with Crippen LogP contribution >= 0.6 is 0 Å². The fourth-order valence-corrected chi connectivity index (χ4v) is 7.28. The van der Waals surface area contributed by atoms with Crippen molar-refractivity contribution in [3.8, 4) is 0 Å². The number of ketones is 1. The molecule has 0 aliphatic heterocycles. The van der Waals surface area contributed by atoms with Gasteiger partial charge in [-0.2, -0.15) is 0 Å². The van der Waals surface area contributed by atoms with E-state index in [0.29, 0.717) is 18.4 Å². The number of hydrogen-bond acceptors (Lipinski definition) is 4. The molecule has 37 heavy (non-hydrogen) atoms. The molecule has 1 N–H and O–H groups in total. The molecule has 0 aromatic carbocycles. The molecular weight excluding hydrogens is 460 g/mol. The van der Waals surface area contributed by atoms with E-state index in [-0.39, 0.29) is 35.1 Å². The lowest BCUT2D eigenvalue weighted by atomic mass is 9.50. The van der Waals surface area contributed by atoms with Crippen molar-refractivity contribution in [2.24, 2.45) is 16.7 Å². The highest BCUT2D eigenvalue weighted by Crippen LogP contribution is 2.66. The molecule has 3 rings (SSSR count). The Balaban J connectivity index is 1.27. The number of unbranched alkanes of at least 4 members (excludes halogenated alkanes) is 11. The van der Waals surface area contributed by atoms with Crippen LogP contribution in [0.25, 0.3) is 0 Å². The zero-order chi connectivity index (χ0) is 26.9. The number of rotatable bonds is 17. The van der Waals surface area contributed by atoms with Gasteiger partial charge in [-0.3, -0.25) is 9.59 Å². The second kappa shape index (κ2) is 13.6. The smallest absolute Gasteiger partial charge is 0.306 e. The molecule has 4 nitrogen and oxygen atoms in total. The predicted octanol–water partition coefficient (Wildman–Crippen LogP) is 8.41. The molecule has 0 unspecified atom stereocenters. The van der Waals surface area contributed by atoms with Gasteiger partial charge in [0.15, 0.2) is 5.78 Å². The molecule has 0 amide bonds. The van der Waals surface area contributed by atoms with Gasteiger partial charge in [-0.05, 0) is 68.6 Å². The first-order valence-electron chi connectivity index (χ1n) is 15.4. The number of aliphatic hydroxyl groups is 1. The second-order valence-corrected chi connectivity index (χ2v) is 13.2. The fourth-order valence-electron chi connectivity index (χ4n) is 7.28. The molecule has 2 fully saturated rings. The van der Waals surface area contributed by atoms with Crippen LogP contribution in [0.4, 0.5) is 0 Å². The first-order chi connectivity index (χ1) is 17.6. The number of carbonyl (C=O) groups excluding carboxylic acids is 2. The van der Waals surface area contributed by atoms with Crippen molar-refractivity contribution in [3.05, 3.63) is 23.3 Å². The summed E-state index contributed by atoms with van der Waals surface area (Å²) in [4.78, 5) is 25.8. The van der Waals surface area contributed by atoms with E-state index in [9.17, 15) is 14.7 Å². The highest BCUT2D eigenvalue weighted by Gasteiger charge is 2.66. The van der Waals surface area contributed by atoms with Crippen LogP contribution in [0.2, 0.25) is 0 Å². The SMILES string of the molecule is CCCCCCCC/C=C\CCCCCCCC(=O)OCC1=C2CC[C@]2(C)[C@H]2CC(C)(C)C[C@@]2(O)C1=O. The third-order valence-corrected chi connectivity index (χ3v) is 9.49. The van der Waals surface area contributed by atoms with Crippen molar-refractivity contribution >= 4 is 11.8 Å². The van der Waals surface area contributed by atoms with Crippen LogP contribution in [0.15, 0.2) is 23.3 Å². The Morgan fingerprint density at radius 2 is 1.54 bits per heavy atom. The maximum Gasteiger partial charge on any atom is 0.306 e. The minimum absolute atomic E-state index is 0.0125. The second-order valence-electron chi connectivity index (χ2n) is 13.2. The van der Waals surface area contributed by atoms with E-state index in [1.54, 1.807) is 0 Å². The number of Topliss-reactive ketones (excluding diaryl/α,β-unsaturated/α-hetero) is 1. The summed E-state index contributed by atoms with van der Waals surface area (Å²) < 4.78 is 5.58. The Hall–Kier alpha value is -1.42. The van der Waals surface area contributed by atoms with E-state index in [4.69, 9.17) is 4.74 Å². The topological polar surface area (TPSA) is 63.6 Å². The monoisotopic (exact) mass is 514 g/mol. The highest BCUT2D eigenvalue weighted by molar-refractivity contribution is 6.05. The maximum absolute atomic E-state index is 13.4. The van der Waals surface area contributed by atoms with E-state index < -0.39 is 5.60 Å². The van der Waals surface area contributed by atoms with E-state index in [1.807, 2.05) is 0 Å². The summed E-state index contributed by atoms with van der Waals surface area (Å²) in [5.74, 6) is -0.411. The van der Waals surface area contributed by atoms with Gasteiger partial charge in [0.25, 0.3) is 0 Å². The lowest BCUT2D eigenvalue weighted by Gasteiger charge is -2.55. The Kier molecular flexibility index (Phi) is 11.1. The highest BCUT2D eigenvalue weighted by atomic mass is 16.5. The molecule has 0 saturated heterocycles. The van der Waals surface area contributed by atoms with Gasteiger partial charge in [0.05, 0.1) is 0 Å². The molecule has 3 aliphatic carbocycles. The van der Waals surface area contributed by atoms with Crippen LogP contribution in [-0.2, 0) is 14.3 Å². The van der Waals surface area contributed by atoms with Crippen LogP contribution in [-0.4, -0.2) is 29.1 Å². The standard InChI is InChI=1S/C33H54O4/c1-5-6-7-8-9-10-11-12-13-14-15-16-17-18-19-20-29(34)37-24-26-27-21-22-32(27,4)28-23-31(2,3)25-33(28,36)30(26)35/h12-13,28,36H,5-11,14-25H2,1-4H3/b13-12-/t28-,32+,33+/m1/s1. The van der Waals surface area contributed by atoms with E-state index >= 15 is 0 Å². The molecule has 0 aromatic heterocycles. The molecule has 0 aromatic rings. The van der Waals surface area contributed by atoms with Crippen LogP contribution in [0.5, 0.6) is 0 Å². The minimum Gasteiger partial charge on any atom is -0.461 e. The molecule has 210 valence electrons. The number of ether oxygens (including phenoxy) is 1. The summed E-state index contributed by atoms with van der Waals surface area (Å²) >= 11 is 0. The first kappa shape index (κ1) is 30.1. The molecule has 0 bridgehead atoms. The van der Waals surface area contributed by atoms with Crippen LogP contribution in [0.3, 0.4) is 0 Å². The number of hydrogen-bond donors (Lipinski definition) is 1. The Morgan fingerprint density at radius 1 is 0.946 bits per heavy atom. The van der Waals surface area contributed by atoms with Crippen LogP contribution < -0.4 is 0 Å². The molecule has 4 heteroatoms. The van der Waals surface area contributed by atoms with Gasteiger partial charge in [-0.1, -0.05) is 96.8 Å². The molecule has 3 atom stereocenters. The van der Waals surface area contributed by atoms with Crippen molar-refractivity contribution in [1.29, 1.82) is 0 Å². The third-order valence-electron chi connectivity index (χ3n) is 9.49. The van der Waals surface area contributed by atoms with Crippen molar-refractivity contribution < 1.29 is 19.4 Å². The summed E-state index contributed by atoms with van der Waals surface area (Å²) in [7, 11) is 0. The van der Waals surface area contributed by atoms with Gasteiger partial charge in [-0.15, -0.1) is 0 Å². The lowest BCUT2D eigenvalue weighted by Crippen LogP contribution is -2.57.